The van der Waals surface area contributed by atoms with Crippen LogP contribution in [-0.2, 0) is 4.74 Å². The van der Waals surface area contributed by atoms with Gasteiger partial charge in [0.15, 0.2) is 0 Å². The molecule has 0 aromatic heterocycles. The van der Waals surface area contributed by atoms with Crippen molar-refractivity contribution in [2.24, 2.45) is 5.73 Å². The lowest BCUT2D eigenvalue weighted by molar-refractivity contribution is 0.0170. The summed E-state index contributed by atoms with van der Waals surface area (Å²) in [5.74, 6) is 0. The van der Waals surface area contributed by atoms with Crippen molar-refractivity contribution in [3.63, 3.8) is 0 Å². The first-order chi connectivity index (χ1) is 8.83. The molecule has 1 unspecified atom stereocenters. The van der Waals surface area contributed by atoms with Gasteiger partial charge in [0.1, 0.15) is 0 Å². The van der Waals surface area contributed by atoms with Gasteiger partial charge in [-0.15, -0.1) is 0 Å². The second kappa shape index (κ2) is 5.87. The molecule has 2 aliphatic heterocycles. The summed E-state index contributed by atoms with van der Waals surface area (Å²) < 4.78 is 5.45. The Balaban J connectivity index is 1.48. The number of hydrogen-bond donors (Lipinski definition) is 1. The topological polar surface area (TPSA) is 41.7 Å². The molecule has 3 aliphatic rings. The van der Waals surface area contributed by atoms with Crippen LogP contribution in [0, 0.1) is 0 Å². The summed E-state index contributed by atoms with van der Waals surface area (Å²) in [7, 11) is 0. The molecule has 0 radical (unpaired) electrons. The van der Waals surface area contributed by atoms with Crippen LogP contribution in [0.2, 0.25) is 0 Å². The Kier molecular flexibility index (Phi) is 4.19. The molecule has 18 heavy (non-hydrogen) atoms. The van der Waals surface area contributed by atoms with Crippen molar-refractivity contribution in [1.29, 1.82) is 0 Å². The van der Waals surface area contributed by atoms with Crippen LogP contribution in [0.15, 0.2) is 0 Å². The van der Waals surface area contributed by atoms with Gasteiger partial charge in [-0.1, -0.05) is 0 Å². The molecule has 0 aromatic rings. The van der Waals surface area contributed by atoms with Crippen LogP contribution in [0.5, 0.6) is 0 Å². The molecule has 0 aromatic carbocycles. The molecule has 1 saturated carbocycles. The molecule has 2 heterocycles. The zero-order valence-electron chi connectivity index (χ0n) is 11.4. The van der Waals surface area contributed by atoms with E-state index in [2.05, 4.69) is 9.80 Å². The maximum absolute atomic E-state index is 6.00. The maximum Gasteiger partial charge on any atom is 0.0594 e. The molecule has 2 saturated heterocycles. The van der Waals surface area contributed by atoms with E-state index in [4.69, 9.17) is 10.5 Å². The lowest BCUT2D eigenvalue weighted by Gasteiger charge is -2.35. The second-order valence-corrected chi connectivity index (χ2v) is 6.15. The molecule has 0 bridgehead atoms. The van der Waals surface area contributed by atoms with Gasteiger partial charge in [0.05, 0.1) is 13.2 Å². The Bertz CT molecular complexity index is 260. The second-order valence-electron chi connectivity index (χ2n) is 6.15. The monoisotopic (exact) mass is 253 g/mol. The maximum atomic E-state index is 6.00. The minimum Gasteiger partial charge on any atom is -0.379 e. The predicted molar refractivity (Wildman–Crippen MR) is 72.6 cm³/mol. The lowest BCUT2D eigenvalue weighted by atomic mass is 9.91. The number of ether oxygens (including phenoxy) is 1. The third kappa shape index (κ3) is 2.87. The first-order valence-electron chi connectivity index (χ1n) is 7.64. The Morgan fingerprint density at radius 1 is 0.778 bits per heavy atom. The van der Waals surface area contributed by atoms with Crippen LogP contribution in [0.1, 0.15) is 32.1 Å². The van der Waals surface area contributed by atoms with Crippen molar-refractivity contribution >= 4 is 0 Å². The highest BCUT2D eigenvalue weighted by Crippen LogP contribution is 2.27. The van der Waals surface area contributed by atoms with Crippen LogP contribution >= 0.6 is 0 Å². The minimum atomic E-state index is 0.471. The first-order valence-corrected chi connectivity index (χ1v) is 7.64. The summed E-state index contributed by atoms with van der Waals surface area (Å²) >= 11 is 0. The van der Waals surface area contributed by atoms with Gasteiger partial charge in [-0.3, -0.25) is 9.80 Å². The van der Waals surface area contributed by atoms with E-state index >= 15 is 0 Å². The molecule has 0 spiro atoms. The van der Waals surface area contributed by atoms with Gasteiger partial charge in [-0.05, 0) is 32.1 Å². The van der Waals surface area contributed by atoms with Crippen LogP contribution < -0.4 is 5.73 Å². The normalized spacial score (nSPS) is 40.2. The molecular formula is C14H27N3O. The SMILES string of the molecule is NC1CCC(N2CCC(N3CCOCC3)C2)CC1. The Hall–Kier alpha value is -0.160. The first kappa shape index (κ1) is 12.9. The molecule has 104 valence electrons. The van der Waals surface area contributed by atoms with E-state index in [1.807, 2.05) is 0 Å². The molecule has 1 atom stereocenters. The molecular weight excluding hydrogens is 226 g/mol. The van der Waals surface area contributed by atoms with Gasteiger partial charge < -0.3 is 10.5 Å². The summed E-state index contributed by atoms with van der Waals surface area (Å²) in [6, 6.07) is 2.07. The van der Waals surface area contributed by atoms with Crippen LogP contribution in [0.25, 0.3) is 0 Å². The van der Waals surface area contributed by atoms with Crippen molar-refractivity contribution in [3.05, 3.63) is 0 Å². The smallest absolute Gasteiger partial charge is 0.0594 e. The standard InChI is InChI=1S/C14H27N3O/c15-12-1-3-13(4-2-12)17-6-5-14(11-17)16-7-9-18-10-8-16/h12-14H,1-11,15H2. The average Bonchev–Trinajstić information content (AvgIpc) is 2.90. The summed E-state index contributed by atoms with van der Waals surface area (Å²) in [5, 5.41) is 0. The highest BCUT2D eigenvalue weighted by atomic mass is 16.5. The fraction of sp³-hybridized carbons (Fsp3) is 1.00. The highest BCUT2D eigenvalue weighted by molar-refractivity contribution is 4.90. The zero-order valence-corrected chi connectivity index (χ0v) is 11.4. The van der Waals surface area contributed by atoms with Gasteiger partial charge in [0.2, 0.25) is 0 Å². The Labute approximate surface area is 110 Å². The lowest BCUT2D eigenvalue weighted by Crippen LogP contribution is -2.46. The zero-order chi connectivity index (χ0) is 12.4. The van der Waals surface area contributed by atoms with E-state index in [-0.39, 0.29) is 0 Å². The van der Waals surface area contributed by atoms with E-state index in [9.17, 15) is 0 Å². The number of likely N-dealkylation sites (tertiary alicyclic amines) is 1. The van der Waals surface area contributed by atoms with Crippen molar-refractivity contribution in [3.8, 4) is 0 Å². The highest BCUT2D eigenvalue weighted by Gasteiger charge is 2.33. The van der Waals surface area contributed by atoms with Crippen LogP contribution in [-0.4, -0.2) is 67.3 Å². The van der Waals surface area contributed by atoms with Crippen molar-refractivity contribution in [2.75, 3.05) is 39.4 Å². The number of nitrogens with zero attached hydrogens (tertiary/aromatic N) is 2. The molecule has 1 aliphatic carbocycles. The third-order valence-corrected chi connectivity index (χ3v) is 5.01. The number of hydrogen-bond acceptors (Lipinski definition) is 4. The van der Waals surface area contributed by atoms with E-state index in [0.29, 0.717) is 6.04 Å². The van der Waals surface area contributed by atoms with Gasteiger partial charge in [-0.2, -0.15) is 0 Å². The molecule has 4 heteroatoms. The van der Waals surface area contributed by atoms with E-state index < -0.39 is 0 Å². The fourth-order valence-corrected chi connectivity index (χ4v) is 3.81. The third-order valence-electron chi connectivity index (χ3n) is 5.01. The predicted octanol–water partition coefficient (Wildman–Crippen LogP) is 0.663. The van der Waals surface area contributed by atoms with Crippen molar-refractivity contribution < 1.29 is 4.74 Å². The fourth-order valence-electron chi connectivity index (χ4n) is 3.81. The Morgan fingerprint density at radius 3 is 2.22 bits per heavy atom. The average molecular weight is 253 g/mol. The summed E-state index contributed by atoms with van der Waals surface area (Å²) in [6.07, 6.45) is 6.43. The van der Waals surface area contributed by atoms with Gasteiger partial charge in [0.25, 0.3) is 0 Å². The van der Waals surface area contributed by atoms with Crippen LogP contribution in [0.4, 0.5) is 0 Å². The van der Waals surface area contributed by atoms with Gasteiger partial charge >= 0.3 is 0 Å². The van der Waals surface area contributed by atoms with E-state index in [1.54, 1.807) is 0 Å². The Morgan fingerprint density at radius 2 is 1.50 bits per heavy atom. The van der Waals surface area contributed by atoms with E-state index in [1.165, 1.54) is 45.2 Å². The van der Waals surface area contributed by atoms with Crippen LogP contribution in [0.3, 0.4) is 0 Å². The molecule has 4 nitrogen and oxygen atoms in total. The number of nitrogens with two attached hydrogens (primary N) is 1. The molecule has 3 rings (SSSR count). The largest absolute Gasteiger partial charge is 0.379 e. The van der Waals surface area contributed by atoms with Crippen molar-refractivity contribution in [1.82, 2.24) is 9.80 Å². The van der Waals surface area contributed by atoms with Gasteiger partial charge in [0, 0.05) is 44.3 Å². The minimum absolute atomic E-state index is 0.471. The van der Waals surface area contributed by atoms with Crippen molar-refractivity contribution in [2.45, 2.75) is 50.2 Å². The van der Waals surface area contributed by atoms with E-state index in [0.717, 1.165) is 38.4 Å². The summed E-state index contributed by atoms with van der Waals surface area (Å²) in [5.41, 5.74) is 6.00. The quantitative estimate of drug-likeness (QED) is 0.785. The summed E-state index contributed by atoms with van der Waals surface area (Å²) in [4.78, 5) is 5.37. The molecule has 2 N–H and O–H groups in total. The molecule has 3 fully saturated rings. The van der Waals surface area contributed by atoms with Gasteiger partial charge in [-0.25, -0.2) is 0 Å². The number of morpholine rings is 1. The number of rotatable bonds is 2. The summed E-state index contributed by atoms with van der Waals surface area (Å²) in [6.45, 7) is 6.69. The molecule has 0 amide bonds.